The first-order chi connectivity index (χ1) is 7.43. The predicted molar refractivity (Wildman–Crippen MR) is 62.9 cm³/mol. The minimum absolute atomic E-state index is 1.03. The van der Waals surface area contributed by atoms with Gasteiger partial charge in [-0.2, -0.15) is 0 Å². The molecule has 0 unspecified atom stereocenters. The maximum atomic E-state index is 4.33. The van der Waals surface area contributed by atoms with Gasteiger partial charge < -0.3 is 0 Å². The highest BCUT2D eigenvalue weighted by atomic mass is 32.1. The lowest BCUT2D eigenvalue weighted by atomic mass is 10.2. The molecule has 0 atom stereocenters. The molecule has 0 aliphatic carbocycles. The number of rotatable bonds is 1. The van der Waals surface area contributed by atoms with Gasteiger partial charge in [-0.1, -0.05) is 6.07 Å². The van der Waals surface area contributed by atoms with Crippen molar-refractivity contribution in [3.63, 3.8) is 0 Å². The van der Waals surface area contributed by atoms with E-state index >= 15 is 0 Å². The van der Waals surface area contributed by atoms with Crippen molar-refractivity contribution in [1.29, 1.82) is 0 Å². The first-order valence-corrected chi connectivity index (χ1v) is 5.50. The number of aromatic nitrogens is 2. The monoisotopic (exact) mass is 212 g/mol. The maximum absolute atomic E-state index is 4.33. The van der Waals surface area contributed by atoms with Crippen molar-refractivity contribution in [3.05, 3.63) is 48.9 Å². The van der Waals surface area contributed by atoms with E-state index in [1.807, 2.05) is 42.9 Å². The van der Waals surface area contributed by atoms with E-state index < -0.39 is 0 Å². The number of hydrogen-bond donors (Lipinski definition) is 0. The van der Waals surface area contributed by atoms with Gasteiger partial charge in [-0.05, 0) is 29.7 Å². The molecule has 0 amide bonds. The largest absolute Gasteiger partial charge is 0.263 e. The molecule has 0 saturated heterocycles. The molecule has 2 nitrogen and oxygen atoms in total. The second-order valence-corrected chi connectivity index (χ2v) is 4.32. The third-order valence-corrected chi connectivity index (χ3v) is 3.35. The molecule has 0 fully saturated rings. The van der Waals surface area contributed by atoms with Crippen molar-refractivity contribution in [2.45, 2.75) is 0 Å². The van der Waals surface area contributed by atoms with Crippen LogP contribution in [0, 0.1) is 0 Å². The Bertz CT molecular complexity index is 554. The maximum Gasteiger partial charge on any atom is 0.0802 e. The lowest BCUT2D eigenvalue weighted by Crippen LogP contribution is -1.75. The van der Waals surface area contributed by atoms with Crippen molar-refractivity contribution in [1.82, 2.24) is 9.97 Å². The molecule has 0 bridgehead atoms. The van der Waals surface area contributed by atoms with Crippen LogP contribution in [-0.4, -0.2) is 9.97 Å². The molecule has 72 valence electrons. The molecule has 3 aromatic rings. The smallest absolute Gasteiger partial charge is 0.0802 e. The topological polar surface area (TPSA) is 25.8 Å². The standard InChI is InChI=1S/C12H8N2S/c1-2-5-14-10(3-1)11-7-9-4-6-13-8-12(9)15-11/h1-8H. The molecule has 3 aromatic heterocycles. The van der Waals surface area contributed by atoms with Crippen LogP contribution in [0.3, 0.4) is 0 Å². The highest BCUT2D eigenvalue weighted by molar-refractivity contribution is 7.22. The average Bonchev–Trinajstić information content (AvgIpc) is 2.74. The lowest BCUT2D eigenvalue weighted by Gasteiger charge is -1.92. The first-order valence-electron chi connectivity index (χ1n) is 4.68. The van der Waals surface area contributed by atoms with E-state index in [1.165, 1.54) is 15.0 Å². The van der Waals surface area contributed by atoms with Gasteiger partial charge in [-0.3, -0.25) is 9.97 Å². The van der Waals surface area contributed by atoms with Crippen LogP contribution >= 0.6 is 11.3 Å². The van der Waals surface area contributed by atoms with Gasteiger partial charge >= 0.3 is 0 Å². The molecule has 0 aromatic carbocycles. The van der Waals surface area contributed by atoms with Gasteiger partial charge in [0.25, 0.3) is 0 Å². The summed E-state index contributed by atoms with van der Waals surface area (Å²) in [5.41, 5.74) is 1.03. The molecule has 0 radical (unpaired) electrons. The fourth-order valence-electron chi connectivity index (χ4n) is 1.52. The Labute approximate surface area is 91.2 Å². The lowest BCUT2D eigenvalue weighted by molar-refractivity contribution is 1.34. The van der Waals surface area contributed by atoms with Gasteiger partial charge in [0.1, 0.15) is 0 Å². The summed E-state index contributed by atoms with van der Waals surface area (Å²) < 4.78 is 1.21. The van der Waals surface area contributed by atoms with Crippen molar-refractivity contribution >= 4 is 21.4 Å². The van der Waals surface area contributed by atoms with Gasteiger partial charge in [-0.25, -0.2) is 0 Å². The summed E-state index contributed by atoms with van der Waals surface area (Å²) >= 11 is 1.73. The van der Waals surface area contributed by atoms with E-state index in [9.17, 15) is 0 Å². The van der Waals surface area contributed by atoms with E-state index in [4.69, 9.17) is 0 Å². The number of fused-ring (bicyclic) bond motifs is 1. The fraction of sp³-hybridized carbons (Fsp3) is 0. The minimum Gasteiger partial charge on any atom is -0.263 e. The average molecular weight is 212 g/mol. The van der Waals surface area contributed by atoms with Gasteiger partial charge in [0, 0.05) is 18.6 Å². The summed E-state index contributed by atoms with van der Waals surface area (Å²) in [6, 6.07) is 10.1. The molecule has 0 aliphatic heterocycles. The van der Waals surface area contributed by atoms with Gasteiger partial charge in [0.05, 0.1) is 15.3 Å². The zero-order valence-electron chi connectivity index (χ0n) is 7.92. The summed E-state index contributed by atoms with van der Waals surface area (Å²) in [7, 11) is 0. The Morgan fingerprint density at radius 2 is 2.07 bits per heavy atom. The number of pyridine rings is 2. The Hall–Kier alpha value is -1.74. The summed E-state index contributed by atoms with van der Waals surface area (Å²) in [6.45, 7) is 0. The highest BCUT2D eigenvalue weighted by Crippen LogP contribution is 2.31. The highest BCUT2D eigenvalue weighted by Gasteiger charge is 2.03. The van der Waals surface area contributed by atoms with E-state index in [1.54, 1.807) is 11.3 Å². The van der Waals surface area contributed by atoms with Crippen LogP contribution in [0.15, 0.2) is 48.9 Å². The van der Waals surface area contributed by atoms with Gasteiger partial charge in [0.15, 0.2) is 0 Å². The predicted octanol–water partition coefficient (Wildman–Crippen LogP) is 3.36. The number of hydrogen-bond acceptors (Lipinski definition) is 3. The zero-order valence-corrected chi connectivity index (χ0v) is 8.74. The molecule has 3 heteroatoms. The van der Waals surface area contributed by atoms with Crippen molar-refractivity contribution in [3.8, 4) is 10.6 Å². The summed E-state index contributed by atoms with van der Waals surface area (Å²) in [5, 5.41) is 1.23. The summed E-state index contributed by atoms with van der Waals surface area (Å²) in [6.07, 6.45) is 5.53. The third-order valence-electron chi connectivity index (χ3n) is 2.24. The first kappa shape index (κ1) is 8.56. The molecule has 3 rings (SSSR count). The molecule has 0 aliphatic rings. The second kappa shape index (κ2) is 3.44. The van der Waals surface area contributed by atoms with E-state index in [0.717, 1.165) is 5.69 Å². The van der Waals surface area contributed by atoms with E-state index in [0.29, 0.717) is 0 Å². The summed E-state index contributed by atoms with van der Waals surface area (Å²) in [4.78, 5) is 9.64. The Balaban J connectivity index is 2.21. The summed E-state index contributed by atoms with van der Waals surface area (Å²) in [5.74, 6) is 0. The Kier molecular flexibility index (Phi) is 1.96. The minimum atomic E-state index is 1.03. The SMILES string of the molecule is c1ccc(-c2cc3ccncc3s2)nc1. The van der Waals surface area contributed by atoms with Crippen molar-refractivity contribution < 1.29 is 0 Å². The number of nitrogens with zero attached hydrogens (tertiary/aromatic N) is 2. The fourth-order valence-corrected chi connectivity index (χ4v) is 2.53. The Morgan fingerprint density at radius 1 is 1.07 bits per heavy atom. The van der Waals surface area contributed by atoms with Crippen LogP contribution < -0.4 is 0 Å². The number of thiophene rings is 1. The Morgan fingerprint density at radius 3 is 2.87 bits per heavy atom. The van der Waals surface area contributed by atoms with Crippen LogP contribution in [0.25, 0.3) is 20.7 Å². The van der Waals surface area contributed by atoms with E-state index in [2.05, 4.69) is 16.0 Å². The van der Waals surface area contributed by atoms with Crippen LogP contribution in [0.4, 0.5) is 0 Å². The van der Waals surface area contributed by atoms with Gasteiger partial charge in [-0.15, -0.1) is 11.3 Å². The van der Waals surface area contributed by atoms with Gasteiger partial charge in [0.2, 0.25) is 0 Å². The normalized spacial score (nSPS) is 10.7. The van der Waals surface area contributed by atoms with Crippen molar-refractivity contribution in [2.24, 2.45) is 0 Å². The molecular weight excluding hydrogens is 204 g/mol. The van der Waals surface area contributed by atoms with Crippen LogP contribution in [0.5, 0.6) is 0 Å². The second-order valence-electron chi connectivity index (χ2n) is 3.24. The molecular formula is C12H8N2S. The molecule has 0 saturated carbocycles. The van der Waals surface area contributed by atoms with Crippen LogP contribution in [0.1, 0.15) is 0 Å². The van der Waals surface area contributed by atoms with Crippen molar-refractivity contribution in [2.75, 3.05) is 0 Å². The van der Waals surface area contributed by atoms with E-state index in [-0.39, 0.29) is 0 Å². The third kappa shape index (κ3) is 1.51. The molecule has 0 spiro atoms. The van der Waals surface area contributed by atoms with Crippen LogP contribution in [-0.2, 0) is 0 Å². The molecule has 0 N–H and O–H groups in total. The quantitative estimate of drug-likeness (QED) is 0.618. The zero-order chi connectivity index (χ0) is 10.1. The molecule has 15 heavy (non-hydrogen) atoms. The molecule has 3 heterocycles. The van der Waals surface area contributed by atoms with Crippen LogP contribution in [0.2, 0.25) is 0 Å².